The summed E-state index contributed by atoms with van der Waals surface area (Å²) in [6, 6.07) is 0. The van der Waals surface area contributed by atoms with Gasteiger partial charge in [-0.15, -0.1) is 0 Å². The van der Waals surface area contributed by atoms with Gasteiger partial charge < -0.3 is 10.2 Å². The molecule has 2 rings (SSSR count). The molecule has 2 heterocycles. The van der Waals surface area contributed by atoms with Crippen LogP contribution in [-0.4, -0.2) is 68.6 Å². The van der Waals surface area contributed by atoms with Crippen LogP contribution in [0.1, 0.15) is 26.7 Å². The highest BCUT2D eigenvalue weighted by molar-refractivity contribution is 7.89. The summed E-state index contributed by atoms with van der Waals surface area (Å²) >= 11 is 0. The zero-order chi connectivity index (χ0) is 15.5. The first-order valence-electron chi connectivity index (χ1n) is 7.87. The lowest BCUT2D eigenvalue weighted by Crippen LogP contribution is -2.49. The minimum Gasteiger partial charge on any atom is -0.342 e. The van der Waals surface area contributed by atoms with Crippen molar-refractivity contribution in [2.45, 2.75) is 26.7 Å². The van der Waals surface area contributed by atoms with Gasteiger partial charge in [-0.3, -0.25) is 4.79 Å². The Morgan fingerprint density at radius 2 is 1.95 bits per heavy atom. The fourth-order valence-corrected chi connectivity index (χ4v) is 4.84. The maximum absolute atomic E-state index is 12.4. The zero-order valence-corrected chi connectivity index (χ0v) is 13.9. The third-order valence-corrected chi connectivity index (χ3v) is 6.39. The molecule has 1 N–H and O–H groups in total. The Morgan fingerprint density at radius 3 is 2.57 bits per heavy atom. The van der Waals surface area contributed by atoms with Crippen molar-refractivity contribution >= 4 is 15.9 Å². The topological polar surface area (TPSA) is 69.7 Å². The molecule has 1 amide bonds. The second-order valence-electron chi connectivity index (χ2n) is 6.36. The van der Waals surface area contributed by atoms with Gasteiger partial charge in [-0.1, -0.05) is 13.8 Å². The Hall–Kier alpha value is -0.660. The van der Waals surface area contributed by atoms with E-state index in [1.54, 1.807) is 6.92 Å². The average Bonchev–Trinajstić information content (AvgIpc) is 2.47. The number of nitrogens with zero attached hydrogens (tertiary/aromatic N) is 2. The molecule has 0 aromatic heterocycles. The molecule has 0 saturated carbocycles. The van der Waals surface area contributed by atoms with Crippen LogP contribution in [0, 0.1) is 11.8 Å². The van der Waals surface area contributed by atoms with E-state index < -0.39 is 15.9 Å². The van der Waals surface area contributed by atoms with E-state index in [-0.39, 0.29) is 11.7 Å². The van der Waals surface area contributed by atoms with Crippen LogP contribution in [0.15, 0.2) is 0 Å². The van der Waals surface area contributed by atoms with Gasteiger partial charge in [0, 0.05) is 39.3 Å². The molecular formula is C14H27N3O3S. The van der Waals surface area contributed by atoms with E-state index in [0.29, 0.717) is 32.1 Å². The first kappa shape index (κ1) is 16.7. The van der Waals surface area contributed by atoms with Crippen LogP contribution in [-0.2, 0) is 14.8 Å². The van der Waals surface area contributed by atoms with Crippen molar-refractivity contribution in [3.05, 3.63) is 0 Å². The molecule has 6 nitrogen and oxygen atoms in total. The van der Waals surface area contributed by atoms with Crippen LogP contribution in [0.5, 0.6) is 0 Å². The molecule has 2 aliphatic heterocycles. The van der Waals surface area contributed by atoms with Gasteiger partial charge in [0.1, 0.15) is 0 Å². The summed E-state index contributed by atoms with van der Waals surface area (Å²) in [6.07, 6.45) is 2.17. The number of likely N-dealkylation sites (tertiary alicyclic amines) is 1. The number of hydrogen-bond acceptors (Lipinski definition) is 4. The molecule has 7 heteroatoms. The van der Waals surface area contributed by atoms with Crippen molar-refractivity contribution < 1.29 is 13.2 Å². The third-order valence-electron chi connectivity index (χ3n) is 4.32. The first-order chi connectivity index (χ1) is 9.90. The number of piperidine rings is 1. The summed E-state index contributed by atoms with van der Waals surface area (Å²) < 4.78 is 26.3. The summed E-state index contributed by atoms with van der Waals surface area (Å²) in [7, 11) is -3.33. The maximum atomic E-state index is 12.4. The number of carbonyl (C=O) groups is 1. The molecule has 0 aromatic rings. The SMILES string of the molecule is CC1CCCN(C(=O)C(C)CS(=O)(=O)N2CCNCC2)C1. The fraction of sp³-hybridized carbons (Fsp3) is 0.929. The number of rotatable bonds is 4. The van der Waals surface area contributed by atoms with Crippen molar-refractivity contribution in [3.8, 4) is 0 Å². The highest BCUT2D eigenvalue weighted by Crippen LogP contribution is 2.19. The van der Waals surface area contributed by atoms with Gasteiger partial charge in [-0.25, -0.2) is 8.42 Å². The monoisotopic (exact) mass is 317 g/mol. The first-order valence-corrected chi connectivity index (χ1v) is 9.48. The quantitative estimate of drug-likeness (QED) is 0.799. The Labute approximate surface area is 127 Å². The van der Waals surface area contributed by atoms with Crippen LogP contribution >= 0.6 is 0 Å². The average molecular weight is 317 g/mol. The van der Waals surface area contributed by atoms with Crippen molar-refractivity contribution in [2.75, 3.05) is 45.0 Å². The molecule has 0 bridgehead atoms. The number of piperazine rings is 1. The highest BCUT2D eigenvalue weighted by atomic mass is 32.2. The number of hydrogen-bond donors (Lipinski definition) is 1. The molecule has 2 aliphatic rings. The number of sulfonamides is 1. The van der Waals surface area contributed by atoms with Crippen LogP contribution < -0.4 is 5.32 Å². The maximum Gasteiger partial charge on any atom is 0.226 e. The van der Waals surface area contributed by atoms with E-state index >= 15 is 0 Å². The van der Waals surface area contributed by atoms with Crippen molar-refractivity contribution in [2.24, 2.45) is 11.8 Å². The van der Waals surface area contributed by atoms with E-state index in [1.165, 1.54) is 4.31 Å². The molecule has 0 aliphatic carbocycles. The molecule has 2 atom stereocenters. The lowest BCUT2D eigenvalue weighted by atomic mass is 9.99. The predicted molar refractivity (Wildman–Crippen MR) is 82.4 cm³/mol. The Kier molecular flexibility index (Phi) is 5.62. The molecule has 0 radical (unpaired) electrons. The van der Waals surface area contributed by atoms with E-state index in [9.17, 15) is 13.2 Å². The van der Waals surface area contributed by atoms with Gasteiger partial charge in [0.25, 0.3) is 0 Å². The molecule has 2 saturated heterocycles. The summed E-state index contributed by atoms with van der Waals surface area (Å²) in [6.45, 7) is 7.78. The van der Waals surface area contributed by atoms with Crippen LogP contribution in [0.25, 0.3) is 0 Å². The molecule has 2 fully saturated rings. The number of nitrogens with one attached hydrogen (secondary N) is 1. The predicted octanol–water partition coefficient (Wildman–Crippen LogP) is 0.116. The summed E-state index contributed by atoms with van der Waals surface area (Å²) in [5.41, 5.74) is 0. The minimum atomic E-state index is -3.33. The largest absolute Gasteiger partial charge is 0.342 e. The van der Waals surface area contributed by atoms with Gasteiger partial charge in [0.15, 0.2) is 0 Å². The zero-order valence-electron chi connectivity index (χ0n) is 13.0. The van der Waals surface area contributed by atoms with E-state index in [1.807, 2.05) is 4.90 Å². The van der Waals surface area contributed by atoms with Crippen LogP contribution in [0.3, 0.4) is 0 Å². The van der Waals surface area contributed by atoms with E-state index in [0.717, 1.165) is 25.9 Å². The highest BCUT2D eigenvalue weighted by Gasteiger charge is 2.31. The lowest BCUT2D eigenvalue weighted by molar-refractivity contribution is -0.136. The lowest BCUT2D eigenvalue weighted by Gasteiger charge is -2.33. The van der Waals surface area contributed by atoms with Crippen molar-refractivity contribution in [1.82, 2.24) is 14.5 Å². The normalized spacial score (nSPS) is 26.6. The summed E-state index contributed by atoms with van der Waals surface area (Å²) in [5, 5.41) is 3.14. The van der Waals surface area contributed by atoms with Gasteiger partial charge in [0.2, 0.25) is 15.9 Å². The molecule has 21 heavy (non-hydrogen) atoms. The molecule has 122 valence electrons. The van der Waals surface area contributed by atoms with Gasteiger partial charge in [0.05, 0.1) is 11.7 Å². The molecule has 0 aromatic carbocycles. The van der Waals surface area contributed by atoms with Crippen molar-refractivity contribution in [3.63, 3.8) is 0 Å². The fourth-order valence-electron chi connectivity index (χ4n) is 3.12. The number of carbonyl (C=O) groups excluding carboxylic acids is 1. The van der Waals surface area contributed by atoms with E-state index in [2.05, 4.69) is 12.2 Å². The van der Waals surface area contributed by atoms with Gasteiger partial charge in [-0.2, -0.15) is 4.31 Å². The third kappa shape index (κ3) is 4.40. The van der Waals surface area contributed by atoms with Gasteiger partial charge >= 0.3 is 0 Å². The Balaban J connectivity index is 1.93. The second kappa shape index (κ2) is 7.07. The standard InChI is InChI=1S/C14H27N3O3S/c1-12-4-3-7-16(10-12)14(18)13(2)11-21(19,20)17-8-5-15-6-9-17/h12-13,15H,3-11H2,1-2H3. The van der Waals surface area contributed by atoms with E-state index in [4.69, 9.17) is 0 Å². The van der Waals surface area contributed by atoms with Crippen molar-refractivity contribution in [1.29, 1.82) is 0 Å². The summed E-state index contributed by atoms with van der Waals surface area (Å²) in [4.78, 5) is 14.3. The van der Waals surface area contributed by atoms with Gasteiger partial charge in [-0.05, 0) is 18.8 Å². The number of amides is 1. The second-order valence-corrected chi connectivity index (χ2v) is 8.37. The van der Waals surface area contributed by atoms with Crippen LogP contribution in [0.4, 0.5) is 0 Å². The molecular weight excluding hydrogens is 290 g/mol. The smallest absolute Gasteiger partial charge is 0.226 e. The Morgan fingerprint density at radius 1 is 1.29 bits per heavy atom. The molecule has 0 spiro atoms. The Bertz CT molecular complexity index is 460. The summed E-state index contributed by atoms with van der Waals surface area (Å²) in [5.74, 6) is -0.0356. The van der Waals surface area contributed by atoms with Crippen LogP contribution in [0.2, 0.25) is 0 Å². The molecule has 2 unspecified atom stereocenters. The minimum absolute atomic E-state index is 0.0136.